The Morgan fingerprint density at radius 2 is 0.747 bits per heavy atom. The highest BCUT2D eigenvalue weighted by atomic mass is 127. The molecule has 11 aromatic rings. The molecule has 20 heteroatoms. The minimum atomic E-state index is -2.95. The molecule has 8 aromatic carbocycles. The van der Waals surface area contributed by atoms with Gasteiger partial charge in [-0.15, -0.1) is 15.3 Å². The molecule has 0 radical (unpaired) electrons. The number of nitriles is 3. The first-order valence-electron chi connectivity index (χ1n) is 22.4. The van der Waals surface area contributed by atoms with E-state index in [1.807, 2.05) is 84.9 Å². The van der Waals surface area contributed by atoms with Crippen molar-refractivity contribution in [2.24, 2.45) is 0 Å². The largest absolute Gasteiger partial charge is 0.507 e. The lowest BCUT2D eigenvalue weighted by molar-refractivity contribution is -0.0494. The molecule has 0 aliphatic carbocycles. The standard InChI is InChI=1S/C21H13F2N5O.C20H13N5O.C14H8IN5/c22-21(23)29-19-12-6-4-9-16(19)15-8-2-3-10-17(15)20-25-26-27-28(20)18-11-5-1-7-14(18)13-24;21-13-14-7-1-5-11-18(14)25-20(22-23-24-25)17-10-3-2-8-15(17)16-9-4-6-12-19(16)26;15-12-7-3-2-6-11(12)14-17-18-19-20(14)13-8-4-1-5-10(13)9-16/h1-12,21H;1-12,26H;1-8H. The minimum Gasteiger partial charge on any atom is -0.507 e. The van der Waals surface area contributed by atoms with Crippen molar-refractivity contribution in [1.29, 1.82) is 15.8 Å². The van der Waals surface area contributed by atoms with Crippen molar-refractivity contribution in [2.75, 3.05) is 0 Å². The molecule has 0 amide bonds. The van der Waals surface area contributed by atoms with E-state index < -0.39 is 6.61 Å². The summed E-state index contributed by atoms with van der Waals surface area (Å²) < 4.78 is 36.1. The Bertz CT molecular complexity index is 3930. The van der Waals surface area contributed by atoms with Gasteiger partial charge < -0.3 is 9.84 Å². The normalized spacial score (nSPS) is 10.5. The molecule has 0 aliphatic heterocycles. The predicted octanol–water partition coefficient (Wildman–Crippen LogP) is 10.8. The summed E-state index contributed by atoms with van der Waals surface area (Å²) in [6, 6.07) is 63.9. The fourth-order valence-electron chi connectivity index (χ4n) is 7.87. The summed E-state index contributed by atoms with van der Waals surface area (Å²) in [5.41, 5.74) is 8.09. The first-order chi connectivity index (χ1) is 36.8. The Balaban J connectivity index is 0.000000140. The number of rotatable bonds is 10. The van der Waals surface area contributed by atoms with Crippen molar-refractivity contribution >= 4 is 22.6 Å². The number of aromatic nitrogens is 12. The minimum absolute atomic E-state index is 0.0476. The van der Waals surface area contributed by atoms with Crippen LogP contribution in [0.5, 0.6) is 11.5 Å². The van der Waals surface area contributed by atoms with Crippen molar-refractivity contribution in [3.63, 3.8) is 0 Å². The van der Waals surface area contributed by atoms with Gasteiger partial charge in [0.15, 0.2) is 17.5 Å². The summed E-state index contributed by atoms with van der Waals surface area (Å²) >= 11 is 2.24. The maximum Gasteiger partial charge on any atom is 0.387 e. The Morgan fingerprint density at radius 3 is 1.17 bits per heavy atom. The van der Waals surface area contributed by atoms with Gasteiger partial charge in [0.25, 0.3) is 0 Å². The monoisotopic (exact) mass is 1100 g/mol. The maximum atomic E-state index is 12.9. The lowest BCUT2D eigenvalue weighted by atomic mass is 9.98. The molecule has 17 nitrogen and oxygen atoms in total. The number of benzene rings is 8. The number of nitrogens with zero attached hydrogens (tertiary/aromatic N) is 15. The highest BCUT2D eigenvalue weighted by molar-refractivity contribution is 14.1. The number of hydrogen-bond donors (Lipinski definition) is 1. The summed E-state index contributed by atoms with van der Waals surface area (Å²) in [4.78, 5) is 0. The Labute approximate surface area is 439 Å². The van der Waals surface area contributed by atoms with Crippen molar-refractivity contribution in [1.82, 2.24) is 60.6 Å². The zero-order chi connectivity index (χ0) is 52.1. The average molecular weight is 1100 g/mol. The van der Waals surface area contributed by atoms with Crippen LogP contribution < -0.4 is 4.74 Å². The number of phenolic OH excluding ortho intramolecular Hbond substituents is 1. The third-order valence-electron chi connectivity index (χ3n) is 11.2. The third-order valence-corrected chi connectivity index (χ3v) is 12.1. The zero-order valence-corrected chi connectivity index (χ0v) is 40.9. The van der Waals surface area contributed by atoms with Crippen LogP contribution in [-0.4, -0.2) is 72.3 Å². The maximum absolute atomic E-state index is 12.9. The molecular weight excluding hydrogens is 1070 g/mol. The third kappa shape index (κ3) is 10.8. The van der Waals surface area contributed by atoms with Crippen LogP contribution in [0.1, 0.15) is 16.7 Å². The summed E-state index contributed by atoms with van der Waals surface area (Å²) in [5, 5.41) is 74.0. The summed E-state index contributed by atoms with van der Waals surface area (Å²) in [5.74, 6) is 1.71. The number of hydrogen-bond acceptors (Lipinski definition) is 14. The molecule has 0 spiro atoms. The number of phenols is 1. The van der Waals surface area contributed by atoms with Crippen LogP contribution in [-0.2, 0) is 0 Å². The summed E-state index contributed by atoms with van der Waals surface area (Å²) in [6.45, 7) is -2.95. The van der Waals surface area contributed by atoms with Crippen molar-refractivity contribution in [3.8, 4) is 103 Å². The number of halogens is 3. The average Bonchev–Trinajstić information content (AvgIpc) is 4.27. The molecule has 11 rings (SSSR count). The van der Waals surface area contributed by atoms with Gasteiger partial charge in [0.2, 0.25) is 0 Å². The number of alkyl halides is 2. The molecule has 1 N–H and O–H groups in total. The molecular formula is C55H34F2IN15O2. The van der Waals surface area contributed by atoms with E-state index >= 15 is 0 Å². The van der Waals surface area contributed by atoms with Gasteiger partial charge in [0.1, 0.15) is 29.7 Å². The molecule has 3 heterocycles. The van der Waals surface area contributed by atoms with E-state index in [4.69, 9.17) is 0 Å². The Kier molecular flexibility index (Phi) is 15.4. The van der Waals surface area contributed by atoms with Crippen LogP contribution in [0.15, 0.2) is 194 Å². The Hall–Kier alpha value is -10.4. The second-order valence-corrected chi connectivity index (χ2v) is 16.8. The lowest BCUT2D eigenvalue weighted by Crippen LogP contribution is -2.05. The summed E-state index contributed by atoms with van der Waals surface area (Å²) in [6.07, 6.45) is 0. The molecule has 0 bridgehead atoms. The number of tetrazole rings is 3. The smallest absolute Gasteiger partial charge is 0.387 e. The highest BCUT2D eigenvalue weighted by Gasteiger charge is 2.22. The molecule has 3 aromatic heterocycles. The van der Waals surface area contributed by atoms with E-state index in [1.165, 1.54) is 15.4 Å². The first-order valence-corrected chi connectivity index (χ1v) is 23.5. The molecule has 0 aliphatic rings. The highest BCUT2D eigenvalue weighted by Crippen LogP contribution is 2.39. The molecule has 0 saturated heterocycles. The SMILES string of the molecule is N#Cc1ccccc1-n1nnnc1-c1ccccc1-c1ccccc1O.N#Cc1ccccc1-n1nnnc1-c1ccccc1-c1ccccc1OC(F)F.N#Cc1ccccc1-n1nnnc1-c1ccccc1I. The van der Waals surface area contributed by atoms with Gasteiger partial charge in [-0.3, -0.25) is 0 Å². The van der Waals surface area contributed by atoms with E-state index in [2.05, 4.69) is 92.1 Å². The fraction of sp³-hybridized carbons (Fsp3) is 0.0182. The van der Waals surface area contributed by atoms with E-state index in [-0.39, 0.29) is 11.5 Å². The van der Waals surface area contributed by atoms with Gasteiger partial charge >= 0.3 is 6.61 Å². The van der Waals surface area contributed by atoms with Crippen molar-refractivity contribution < 1.29 is 18.6 Å². The molecule has 0 fully saturated rings. The molecule has 0 saturated carbocycles. The van der Waals surface area contributed by atoms with Gasteiger partial charge in [0, 0.05) is 31.4 Å². The van der Waals surface area contributed by atoms with Gasteiger partial charge in [-0.2, -0.15) is 38.6 Å². The van der Waals surface area contributed by atoms with Gasteiger partial charge in [-0.05, 0) is 120 Å². The molecule has 0 atom stereocenters. The quantitative estimate of drug-likeness (QED) is 0.126. The van der Waals surface area contributed by atoms with Crippen LogP contribution in [0.3, 0.4) is 0 Å². The Morgan fingerprint density at radius 1 is 0.413 bits per heavy atom. The molecule has 0 unspecified atom stereocenters. The van der Waals surface area contributed by atoms with Crippen LogP contribution in [0.25, 0.3) is 73.5 Å². The van der Waals surface area contributed by atoms with E-state index in [0.29, 0.717) is 73.5 Å². The van der Waals surface area contributed by atoms with Gasteiger partial charge in [-0.25, -0.2) is 0 Å². The van der Waals surface area contributed by atoms with E-state index in [9.17, 15) is 29.7 Å². The molecule has 362 valence electrons. The van der Waals surface area contributed by atoms with Crippen molar-refractivity contribution in [2.45, 2.75) is 6.61 Å². The van der Waals surface area contributed by atoms with Crippen LogP contribution in [0.2, 0.25) is 0 Å². The van der Waals surface area contributed by atoms with Gasteiger partial charge in [-0.1, -0.05) is 140 Å². The fourth-order valence-corrected chi connectivity index (χ4v) is 8.50. The van der Waals surface area contributed by atoms with Crippen molar-refractivity contribution in [3.05, 3.63) is 214 Å². The van der Waals surface area contributed by atoms with E-state index in [1.54, 1.807) is 108 Å². The van der Waals surface area contributed by atoms with Crippen LogP contribution >= 0.6 is 22.6 Å². The van der Waals surface area contributed by atoms with Gasteiger partial charge in [0.05, 0.1) is 33.8 Å². The number of aromatic hydroxyl groups is 1. The first kappa shape index (κ1) is 49.6. The molecule has 75 heavy (non-hydrogen) atoms. The van der Waals surface area contributed by atoms with E-state index in [0.717, 1.165) is 20.3 Å². The second-order valence-electron chi connectivity index (χ2n) is 15.6. The number of para-hydroxylation sites is 5. The zero-order valence-electron chi connectivity index (χ0n) is 38.8. The number of ether oxygens (including phenoxy) is 1. The van der Waals surface area contributed by atoms with Crippen LogP contribution in [0.4, 0.5) is 8.78 Å². The summed E-state index contributed by atoms with van der Waals surface area (Å²) in [7, 11) is 0. The second kappa shape index (κ2) is 23.2. The van der Waals surface area contributed by atoms with Crippen LogP contribution in [0, 0.1) is 37.6 Å². The predicted molar refractivity (Wildman–Crippen MR) is 280 cm³/mol. The topological polar surface area (TPSA) is 232 Å². The lowest BCUT2D eigenvalue weighted by Gasteiger charge is -2.14.